The Bertz CT molecular complexity index is 1320. The maximum atomic E-state index is 12.1. The Morgan fingerprint density at radius 2 is 2.07 bits per heavy atom. The van der Waals surface area contributed by atoms with Gasteiger partial charge in [0.15, 0.2) is 5.58 Å². The molecule has 154 valence electrons. The number of nitro groups is 1. The molecule has 10 heteroatoms. The van der Waals surface area contributed by atoms with E-state index in [0.717, 1.165) is 15.0 Å². The van der Waals surface area contributed by atoms with E-state index >= 15 is 0 Å². The lowest BCUT2D eigenvalue weighted by Crippen LogP contribution is -2.15. The molecule has 4 rings (SSSR count). The number of nitro benzene ring substituents is 1. The Kier molecular flexibility index (Phi) is 5.56. The number of non-ortho nitro benzene ring substituents is 1. The van der Waals surface area contributed by atoms with Crippen molar-refractivity contribution < 1.29 is 18.9 Å². The van der Waals surface area contributed by atoms with Crippen molar-refractivity contribution in [1.82, 2.24) is 4.57 Å². The molecular weight excluding hydrogens is 432 g/mol. The van der Waals surface area contributed by atoms with E-state index in [4.69, 9.17) is 20.8 Å². The van der Waals surface area contributed by atoms with Crippen molar-refractivity contribution >= 4 is 55.8 Å². The first-order chi connectivity index (χ1) is 14.4. The Morgan fingerprint density at radius 3 is 2.83 bits per heavy atom. The molecule has 0 saturated carbocycles. The summed E-state index contributed by atoms with van der Waals surface area (Å²) in [5, 5.41) is 12.4. The van der Waals surface area contributed by atoms with E-state index in [-0.39, 0.29) is 30.8 Å². The summed E-state index contributed by atoms with van der Waals surface area (Å²) in [7, 11) is 0. The molecule has 0 spiro atoms. The number of benzene rings is 2. The van der Waals surface area contributed by atoms with Crippen molar-refractivity contribution in [1.29, 1.82) is 0 Å². The Labute approximate surface area is 178 Å². The highest BCUT2D eigenvalue weighted by molar-refractivity contribution is 7.19. The number of hydrogen-bond donors (Lipinski definition) is 0. The van der Waals surface area contributed by atoms with Crippen molar-refractivity contribution in [3.63, 3.8) is 0 Å². The number of aromatic nitrogens is 1. The quantitative estimate of drug-likeness (QED) is 0.227. The monoisotopic (exact) mass is 446 g/mol. The van der Waals surface area contributed by atoms with E-state index in [1.165, 1.54) is 34.1 Å². The smallest absolute Gasteiger partial charge is 0.419 e. The zero-order chi connectivity index (χ0) is 21.3. The fraction of sp³-hybridized carbons (Fsp3) is 0.200. The maximum absolute atomic E-state index is 12.1. The number of halogens is 1. The van der Waals surface area contributed by atoms with E-state index in [1.54, 1.807) is 0 Å². The number of carbonyl (C=O) groups excluding carboxylic acids is 1. The molecule has 0 aliphatic heterocycles. The van der Waals surface area contributed by atoms with Gasteiger partial charge in [0.05, 0.1) is 26.4 Å². The SMILES string of the molecule is O=C(CCCn1c(=O)oc2cc([N+](=O)[O-])ccc21)OCc1sc2ccccc2c1Cl. The van der Waals surface area contributed by atoms with Crippen molar-refractivity contribution in [3.05, 3.63) is 73.0 Å². The van der Waals surface area contributed by atoms with Crippen LogP contribution in [0, 0.1) is 10.1 Å². The van der Waals surface area contributed by atoms with Gasteiger partial charge in [-0.3, -0.25) is 19.5 Å². The van der Waals surface area contributed by atoms with Gasteiger partial charge in [0.1, 0.15) is 6.61 Å². The number of nitrogens with zero attached hydrogens (tertiary/aromatic N) is 2. The number of fused-ring (bicyclic) bond motifs is 2. The summed E-state index contributed by atoms with van der Waals surface area (Å²) in [6, 6.07) is 11.7. The minimum absolute atomic E-state index is 0.0925. The van der Waals surface area contributed by atoms with Crippen molar-refractivity contribution in [2.45, 2.75) is 26.0 Å². The molecule has 0 atom stereocenters. The van der Waals surface area contributed by atoms with Crippen LogP contribution in [0.3, 0.4) is 0 Å². The molecule has 2 aromatic carbocycles. The molecule has 0 unspecified atom stereocenters. The van der Waals surface area contributed by atoms with Crippen LogP contribution in [0.5, 0.6) is 0 Å². The highest BCUT2D eigenvalue weighted by atomic mass is 35.5. The van der Waals surface area contributed by atoms with Gasteiger partial charge in [-0.2, -0.15) is 0 Å². The molecule has 2 heterocycles. The molecule has 2 aromatic heterocycles. The van der Waals surface area contributed by atoms with Gasteiger partial charge in [-0.15, -0.1) is 11.3 Å². The van der Waals surface area contributed by atoms with Crippen molar-refractivity contribution in [2.75, 3.05) is 0 Å². The van der Waals surface area contributed by atoms with Gasteiger partial charge in [-0.05, 0) is 18.6 Å². The third kappa shape index (κ3) is 3.94. The third-order valence-electron chi connectivity index (χ3n) is 4.59. The van der Waals surface area contributed by atoms with Crippen molar-refractivity contribution in [3.8, 4) is 0 Å². The summed E-state index contributed by atoms with van der Waals surface area (Å²) < 4.78 is 12.8. The number of thiophene rings is 1. The van der Waals surface area contributed by atoms with E-state index in [9.17, 15) is 19.7 Å². The normalized spacial score (nSPS) is 11.2. The molecule has 0 bridgehead atoms. The fourth-order valence-corrected chi connectivity index (χ4v) is 4.54. The predicted molar refractivity (Wildman–Crippen MR) is 113 cm³/mol. The van der Waals surface area contributed by atoms with E-state index in [2.05, 4.69) is 0 Å². The zero-order valence-electron chi connectivity index (χ0n) is 15.5. The number of aryl methyl sites for hydroxylation is 1. The van der Waals surface area contributed by atoms with Crippen LogP contribution in [0.25, 0.3) is 21.2 Å². The Morgan fingerprint density at radius 1 is 1.27 bits per heavy atom. The average molecular weight is 447 g/mol. The number of esters is 1. The largest absolute Gasteiger partial charge is 0.460 e. The summed E-state index contributed by atoms with van der Waals surface area (Å²) in [6.45, 7) is 0.317. The first kappa shape index (κ1) is 20.1. The molecule has 8 nitrogen and oxygen atoms in total. The Hall–Kier alpha value is -3.17. The predicted octanol–water partition coefficient (Wildman–Crippen LogP) is 4.89. The lowest BCUT2D eigenvalue weighted by atomic mass is 10.2. The summed E-state index contributed by atoms with van der Waals surface area (Å²) in [5.41, 5.74) is 0.416. The minimum Gasteiger partial charge on any atom is -0.460 e. The summed E-state index contributed by atoms with van der Waals surface area (Å²) in [5.74, 6) is -1.03. The average Bonchev–Trinajstić information content (AvgIpc) is 3.22. The van der Waals surface area contributed by atoms with Crippen LogP contribution in [0.15, 0.2) is 51.7 Å². The molecular formula is C20H15ClN2O6S. The minimum atomic E-state index is -0.629. The van der Waals surface area contributed by atoms with Gasteiger partial charge in [0, 0.05) is 29.1 Å². The van der Waals surface area contributed by atoms with E-state index in [1.807, 2.05) is 24.3 Å². The standard InChI is InChI=1S/C20H15ClN2O6S/c21-19-13-4-1-2-5-16(13)30-17(19)11-28-18(24)6-3-9-22-14-8-7-12(23(26)27)10-15(14)29-20(22)25/h1-2,4-5,7-8,10H,3,6,9,11H2. The zero-order valence-corrected chi connectivity index (χ0v) is 17.1. The number of ether oxygens (including phenoxy) is 1. The van der Waals surface area contributed by atoms with Crippen LogP contribution in [0.4, 0.5) is 5.69 Å². The number of rotatable bonds is 7. The maximum Gasteiger partial charge on any atom is 0.419 e. The van der Waals surface area contributed by atoms with E-state index in [0.29, 0.717) is 17.0 Å². The van der Waals surface area contributed by atoms with Crippen molar-refractivity contribution in [2.24, 2.45) is 0 Å². The second-order valence-electron chi connectivity index (χ2n) is 6.53. The molecule has 0 saturated heterocycles. The second-order valence-corrected chi connectivity index (χ2v) is 8.04. The van der Waals surface area contributed by atoms with Gasteiger partial charge in [0.25, 0.3) is 5.69 Å². The van der Waals surface area contributed by atoms with Crippen LogP contribution in [0.1, 0.15) is 17.7 Å². The van der Waals surface area contributed by atoms with E-state index < -0.39 is 16.6 Å². The van der Waals surface area contributed by atoms with Gasteiger partial charge >= 0.3 is 11.7 Å². The van der Waals surface area contributed by atoms with Crippen LogP contribution in [-0.4, -0.2) is 15.5 Å². The first-order valence-electron chi connectivity index (χ1n) is 9.03. The molecule has 0 aliphatic rings. The number of oxazole rings is 1. The molecule has 0 aliphatic carbocycles. The highest BCUT2D eigenvalue weighted by Gasteiger charge is 2.15. The van der Waals surface area contributed by atoms with Crippen LogP contribution in [-0.2, 0) is 22.7 Å². The van der Waals surface area contributed by atoms with Crippen LogP contribution >= 0.6 is 22.9 Å². The fourth-order valence-electron chi connectivity index (χ4n) is 3.14. The van der Waals surface area contributed by atoms with Gasteiger partial charge < -0.3 is 9.15 Å². The topological polar surface area (TPSA) is 105 Å². The van der Waals surface area contributed by atoms with Gasteiger partial charge in [0.2, 0.25) is 0 Å². The highest BCUT2D eigenvalue weighted by Crippen LogP contribution is 2.35. The molecule has 0 radical (unpaired) electrons. The van der Waals surface area contributed by atoms with Gasteiger partial charge in [-0.1, -0.05) is 29.8 Å². The summed E-state index contributed by atoms with van der Waals surface area (Å²) in [6.07, 6.45) is 0.457. The lowest BCUT2D eigenvalue weighted by molar-refractivity contribution is -0.384. The molecule has 30 heavy (non-hydrogen) atoms. The molecule has 4 aromatic rings. The Balaban J connectivity index is 1.35. The lowest BCUT2D eigenvalue weighted by Gasteiger charge is -2.05. The number of carbonyl (C=O) groups is 1. The second kappa shape index (κ2) is 8.29. The summed E-state index contributed by atoms with van der Waals surface area (Å²) >= 11 is 7.82. The van der Waals surface area contributed by atoms with Crippen LogP contribution in [0.2, 0.25) is 5.02 Å². The van der Waals surface area contributed by atoms with Gasteiger partial charge in [-0.25, -0.2) is 4.79 Å². The molecule has 0 fully saturated rings. The van der Waals surface area contributed by atoms with Crippen LogP contribution < -0.4 is 5.76 Å². The number of hydrogen-bond acceptors (Lipinski definition) is 7. The third-order valence-corrected chi connectivity index (χ3v) is 6.28. The first-order valence-corrected chi connectivity index (χ1v) is 10.2. The molecule has 0 N–H and O–H groups in total. The summed E-state index contributed by atoms with van der Waals surface area (Å²) in [4.78, 5) is 35.2. The molecule has 0 amide bonds.